The van der Waals surface area contributed by atoms with Crippen LogP contribution >= 0.6 is 0 Å². The van der Waals surface area contributed by atoms with E-state index in [0.717, 1.165) is 45.4 Å². The number of hydrogen-bond donors (Lipinski definition) is 1. The van der Waals surface area contributed by atoms with Crippen molar-refractivity contribution in [2.75, 3.05) is 26.2 Å². The predicted octanol–water partition coefficient (Wildman–Crippen LogP) is 1.85. The first-order chi connectivity index (χ1) is 10.2. The van der Waals surface area contributed by atoms with Crippen molar-refractivity contribution in [2.24, 2.45) is 5.73 Å². The fourth-order valence-corrected chi connectivity index (χ4v) is 2.88. The minimum atomic E-state index is -0.0742. The Balaban J connectivity index is 2.01. The van der Waals surface area contributed by atoms with Crippen molar-refractivity contribution < 1.29 is 4.79 Å². The van der Waals surface area contributed by atoms with Gasteiger partial charge in [-0.25, -0.2) is 0 Å². The van der Waals surface area contributed by atoms with Crippen molar-refractivity contribution in [3.8, 4) is 0 Å². The van der Waals surface area contributed by atoms with Gasteiger partial charge in [-0.1, -0.05) is 30.3 Å². The van der Waals surface area contributed by atoms with E-state index in [4.69, 9.17) is 5.73 Å². The molecule has 1 aliphatic heterocycles. The molecule has 0 aliphatic carbocycles. The number of hydrogen-bond acceptors (Lipinski definition) is 3. The van der Waals surface area contributed by atoms with E-state index < -0.39 is 0 Å². The smallest absolute Gasteiger partial charge is 0.239 e. The van der Waals surface area contributed by atoms with Crippen molar-refractivity contribution in [3.05, 3.63) is 35.9 Å². The molecule has 1 aromatic rings. The second-order valence-electron chi connectivity index (χ2n) is 5.81. The van der Waals surface area contributed by atoms with Crippen molar-refractivity contribution >= 4 is 5.91 Å². The number of rotatable bonds is 7. The third kappa shape index (κ3) is 4.55. The standard InChI is InChI=1S/C17H27N3O/c1-15(17(21)19-11-5-6-12-19)20(13-7-10-18)14-16-8-3-2-4-9-16/h2-4,8-9,15H,5-7,10-14,18H2,1H3. The van der Waals surface area contributed by atoms with Crippen LogP contribution in [0.4, 0.5) is 0 Å². The molecule has 4 nitrogen and oxygen atoms in total. The maximum atomic E-state index is 12.6. The molecule has 0 aromatic heterocycles. The van der Waals surface area contributed by atoms with E-state index in [2.05, 4.69) is 17.0 Å². The molecule has 1 aromatic carbocycles. The summed E-state index contributed by atoms with van der Waals surface area (Å²) in [5, 5.41) is 0. The lowest BCUT2D eigenvalue weighted by Crippen LogP contribution is -2.46. The van der Waals surface area contributed by atoms with Gasteiger partial charge in [-0.15, -0.1) is 0 Å². The lowest BCUT2D eigenvalue weighted by molar-refractivity contribution is -0.135. The lowest BCUT2D eigenvalue weighted by Gasteiger charge is -2.31. The molecule has 1 atom stereocenters. The molecule has 1 aliphatic rings. The zero-order chi connectivity index (χ0) is 15.1. The molecule has 1 unspecified atom stereocenters. The van der Waals surface area contributed by atoms with Crippen molar-refractivity contribution in [2.45, 2.75) is 38.8 Å². The zero-order valence-electron chi connectivity index (χ0n) is 13.0. The van der Waals surface area contributed by atoms with Crippen LogP contribution in [0.1, 0.15) is 31.7 Å². The summed E-state index contributed by atoms with van der Waals surface area (Å²) in [6, 6.07) is 10.3. The maximum Gasteiger partial charge on any atom is 0.239 e. The van der Waals surface area contributed by atoms with Gasteiger partial charge in [0, 0.05) is 26.2 Å². The van der Waals surface area contributed by atoms with Crippen molar-refractivity contribution in [3.63, 3.8) is 0 Å². The third-order valence-corrected chi connectivity index (χ3v) is 4.20. The molecule has 21 heavy (non-hydrogen) atoms. The molecular weight excluding hydrogens is 262 g/mol. The van der Waals surface area contributed by atoms with Gasteiger partial charge >= 0.3 is 0 Å². The summed E-state index contributed by atoms with van der Waals surface area (Å²) in [6.07, 6.45) is 3.20. The number of benzene rings is 1. The Labute approximate surface area is 127 Å². The Kier molecular flexibility index (Phi) is 6.21. The molecule has 4 heteroatoms. The summed E-state index contributed by atoms with van der Waals surface area (Å²) in [7, 11) is 0. The van der Waals surface area contributed by atoms with Gasteiger partial charge in [-0.2, -0.15) is 0 Å². The van der Waals surface area contributed by atoms with Gasteiger partial charge in [-0.3, -0.25) is 9.69 Å². The van der Waals surface area contributed by atoms with Gasteiger partial charge in [0.1, 0.15) is 0 Å². The number of nitrogens with zero attached hydrogens (tertiary/aromatic N) is 2. The van der Waals surface area contributed by atoms with Gasteiger partial charge in [0.25, 0.3) is 0 Å². The number of likely N-dealkylation sites (tertiary alicyclic amines) is 1. The second-order valence-corrected chi connectivity index (χ2v) is 5.81. The van der Waals surface area contributed by atoms with Crippen molar-refractivity contribution in [1.29, 1.82) is 0 Å². The highest BCUT2D eigenvalue weighted by Gasteiger charge is 2.27. The molecule has 116 valence electrons. The van der Waals surface area contributed by atoms with Crippen LogP contribution in [0.25, 0.3) is 0 Å². The van der Waals surface area contributed by atoms with Gasteiger partial charge in [0.2, 0.25) is 5.91 Å². The summed E-state index contributed by atoms with van der Waals surface area (Å²) in [6.45, 7) is 6.20. The minimum absolute atomic E-state index is 0.0742. The lowest BCUT2D eigenvalue weighted by atomic mass is 10.1. The van der Waals surface area contributed by atoms with Gasteiger partial charge < -0.3 is 10.6 Å². The highest BCUT2D eigenvalue weighted by Crippen LogP contribution is 2.15. The highest BCUT2D eigenvalue weighted by molar-refractivity contribution is 5.81. The predicted molar refractivity (Wildman–Crippen MR) is 85.8 cm³/mol. The average Bonchev–Trinajstić information content (AvgIpc) is 3.05. The van der Waals surface area contributed by atoms with Crippen LogP contribution in [0.2, 0.25) is 0 Å². The monoisotopic (exact) mass is 289 g/mol. The number of nitrogens with two attached hydrogens (primary N) is 1. The first kappa shape index (κ1) is 16.0. The Morgan fingerprint density at radius 3 is 2.57 bits per heavy atom. The maximum absolute atomic E-state index is 12.6. The molecule has 0 spiro atoms. The fraction of sp³-hybridized carbons (Fsp3) is 0.588. The van der Waals surface area contributed by atoms with E-state index in [0.29, 0.717) is 6.54 Å². The number of carbonyl (C=O) groups excluding carboxylic acids is 1. The molecular formula is C17H27N3O. The van der Waals surface area contributed by atoms with Crippen LogP contribution < -0.4 is 5.73 Å². The molecule has 1 saturated heterocycles. The molecule has 0 saturated carbocycles. The van der Waals surface area contributed by atoms with E-state index in [9.17, 15) is 4.79 Å². The Morgan fingerprint density at radius 2 is 1.95 bits per heavy atom. The molecule has 1 amide bonds. The Morgan fingerprint density at radius 1 is 1.29 bits per heavy atom. The van der Waals surface area contributed by atoms with Gasteiger partial charge in [-0.05, 0) is 38.3 Å². The molecule has 0 bridgehead atoms. The summed E-state index contributed by atoms with van der Waals surface area (Å²) in [4.78, 5) is 16.9. The zero-order valence-corrected chi connectivity index (χ0v) is 13.0. The largest absolute Gasteiger partial charge is 0.341 e. The van der Waals surface area contributed by atoms with Gasteiger partial charge in [0.15, 0.2) is 0 Å². The fourth-order valence-electron chi connectivity index (χ4n) is 2.88. The summed E-state index contributed by atoms with van der Waals surface area (Å²) in [5.74, 6) is 0.264. The second kappa shape index (κ2) is 8.15. The van der Waals surface area contributed by atoms with Gasteiger partial charge in [0.05, 0.1) is 6.04 Å². The summed E-state index contributed by atoms with van der Waals surface area (Å²) in [5.41, 5.74) is 6.89. The third-order valence-electron chi connectivity index (χ3n) is 4.20. The quantitative estimate of drug-likeness (QED) is 0.833. The first-order valence-corrected chi connectivity index (χ1v) is 7.99. The minimum Gasteiger partial charge on any atom is -0.341 e. The van der Waals surface area contributed by atoms with Crippen LogP contribution in [0.5, 0.6) is 0 Å². The van der Waals surface area contributed by atoms with Crippen LogP contribution in [0, 0.1) is 0 Å². The van der Waals surface area contributed by atoms with Crippen LogP contribution in [0.15, 0.2) is 30.3 Å². The number of carbonyl (C=O) groups is 1. The topological polar surface area (TPSA) is 49.6 Å². The Bertz CT molecular complexity index is 429. The normalized spacial score (nSPS) is 16.4. The van der Waals surface area contributed by atoms with Crippen LogP contribution in [0.3, 0.4) is 0 Å². The van der Waals surface area contributed by atoms with E-state index >= 15 is 0 Å². The van der Waals surface area contributed by atoms with Crippen LogP contribution in [-0.4, -0.2) is 47.9 Å². The van der Waals surface area contributed by atoms with E-state index in [-0.39, 0.29) is 11.9 Å². The average molecular weight is 289 g/mol. The highest BCUT2D eigenvalue weighted by atomic mass is 16.2. The van der Waals surface area contributed by atoms with E-state index in [1.54, 1.807) is 0 Å². The summed E-state index contributed by atoms with van der Waals surface area (Å²) < 4.78 is 0. The molecule has 0 radical (unpaired) electrons. The van der Waals surface area contributed by atoms with E-state index in [1.165, 1.54) is 5.56 Å². The van der Waals surface area contributed by atoms with Crippen molar-refractivity contribution in [1.82, 2.24) is 9.80 Å². The molecule has 1 heterocycles. The molecule has 1 fully saturated rings. The summed E-state index contributed by atoms with van der Waals surface area (Å²) >= 11 is 0. The van der Waals surface area contributed by atoms with E-state index in [1.807, 2.05) is 30.0 Å². The van der Waals surface area contributed by atoms with Crippen LogP contribution in [-0.2, 0) is 11.3 Å². The Hall–Kier alpha value is -1.39. The molecule has 2 rings (SSSR count). The molecule has 2 N–H and O–H groups in total. The SMILES string of the molecule is CC(C(=O)N1CCCC1)N(CCCN)Cc1ccccc1. The first-order valence-electron chi connectivity index (χ1n) is 7.99. The number of amides is 1.